The summed E-state index contributed by atoms with van der Waals surface area (Å²) in [6, 6.07) is 1.96. The van der Waals surface area contributed by atoms with E-state index in [9.17, 15) is 18.3 Å². The van der Waals surface area contributed by atoms with E-state index in [1.165, 1.54) is 6.92 Å². The zero-order valence-electron chi connectivity index (χ0n) is 9.38. The molecule has 0 aromatic heterocycles. The van der Waals surface area contributed by atoms with Gasteiger partial charge < -0.3 is 14.9 Å². The van der Waals surface area contributed by atoms with E-state index in [-0.39, 0.29) is 12.0 Å². The van der Waals surface area contributed by atoms with Crippen LogP contribution in [-0.4, -0.2) is 23.4 Å². The number of ether oxygens (including phenoxy) is 1. The van der Waals surface area contributed by atoms with E-state index < -0.39 is 29.3 Å². The van der Waals surface area contributed by atoms with Crippen molar-refractivity contribution in [3.63, 3.8) is 0 Å². The van der Waals surface area contributed by atoms with Crippen molar-refractivity contribution in [2.24, 2.45) is 0 Å². The fourth-order valence-electron chi connectivity index (χ4n) is 1.52. The van der Waals surface area contributed by atoms with Crippen LogP contribution in [0.2, 0.25) is 0 Å². The van der Waals surface area contributed by atoms with Crippen LogP contribution in [0.1, 0.15) is 18.1 Å². The van der Waals surface area contributed by atoms with Crippen molar-refractivity contribution in [2.45, 2.75) is 25.6 Å². The van der Waals surface area contributed by atoms with Crippen molar-refractivity contribution < 1.29 is 28.1 Å². The van der Waals surface area contributed by atoms with Crippen molar-refractivity contribution in [1.82, 2.24) is 0 Å². The average molecular weight is 250 g/mol. The molecule has 0 amide bonds. The molecular formula is C11H13F3O3. The Bertz CT molecular complexity index is 400. The van der Waals surface area contributed by atoms with E-state index in [0.29, 0.717) is 0 Å². The molecule has 0 aliphatic carbocycles. The van der Waals surface area contributed by atoms with Gasteiger partial charge in [0.05, 0.1) is 13.2 Å². The van der Waals surface area contributed by atoms with Gasteiger partial charge >= 0.3 is 6.18 Å². The number of hydrogen-bond acceptors (Lipinski definition) is 3. The van der Waals surface area contributed by atoms with Gasteiger partial charge in [-0.3, -0.25) is 0 Å². The summed E-state index contributed by atoms with van der Waals surface area (Å²) in [4.78, 5) is 0. The molecule has 2 N–H and O–H groups in total. The van der Waals surface area contributed by atoms with Crippen molar-refractivity contribution in [1.29, 1.82) is 0 Å². The lowest BCUT2D eigenvalue weighted by molar-refractivity contribution is -0.138. The minimum atomic E-state index is -4.59. The van der Waals surface area contributed by atoms with Gasteiger partial charge in [-0.2, -0.15) is 13.2 Å². The van der Waals surface area contributed by atoms with Crippen LogP contribution in [0.25, 0.3) is 0 Å². The third-order valence-electron chi connectivity index (χ3n) is 2.24. The standard InChI is InChI=1S/C11H13F3O3/c1-6(15)5-7-3-4-8(11(12,13)14)10(17-2)9(7)16/h3-4,6,15-16H,5H2,1-2H3. The highest BCUT2D eigenvalue weighted by atomic mass is 19.4. The number of hydrogen-bond donors (Lipinski definition) is 2. The lowest BCUT2D eigenvalue weighted by Crippen LogP contribution is -2.10. The molecule has 0 aliphatic heterocycles. The molecule has 1 rings (SSSR count). The fourth-order valence-corrected chi connectivity index (χ4v) is 1.52. The summed E-state index contributed by atoms with van der Waals surface area (Å²) < 4.78 is 42.3. The summed E-state index contributed by atoms with van der Waals surface area (Å²) in [5.41, 5.74) is -0.823. The molecule has 0 bridgehead atoms. The van der Waals surface area contributed by atoms with Crippen LogP contribution in [-0.2, 0) is 12.6 Å². The van der Waals surface area contributed by atoms with Crippen LogP contribution in [0.15, 0.2) is 12.1 Å². The van der Waals surface area contributed by atoms with Gasteiger partial charge in [0.2, 0.25) is 0 Å². The van der Waals surface area contributed by atoms with Gasteiger partial charge in [0.1, 0.15) is 5.56 Å². The molecule has 1 aromatic carbocycles. The summed E-state index contributed by atoms with van der Waals surface area (Å²) in [5, 5.41) is 18.8. The number of aliphatic hydroxyl groups excluding tert-OH is 1. The number of halogens is 3. The maximum atomic E-state index is 12.6. The molecule has 1 aromatic rings. The topological polar surface area (TPSA) is 49.7 Å². The Balaban J connectivity index is 3.27. The van der Waals surface area contributed by atoms with Gasteiger partial charge in [-0.25, -0.2) is 0 Å². The number of rotatable bonds is 3. The lowest BCUT2D eigenvalue weighted by atomic mass is 10.0. The second-order valence-corrected chi connectivity index (χ2v) is 3.71. The molecule has 3 nitrogen and oxygen atoms in total. The van der Waals surface area contributed by atoms with Gasteiger partial charge in [-0.1, -0.05) is 6.07 Å². The highest BCUT2D eigenvalue weighted by Gasteiger charge is 2.36. The molecule has 17 heavy (non-hydrogen) atoms. The molecule has 0 saturated carbocycles. The first-order valence-electron chi connectivity index (χ1n) is 4.91. The third-order valence-corrected chi connectivity index (χ3v) is 2.24. The molecule has 0 spiro atoms. The predicted molar refractivity (Wildman–Crippen MR) is 55.0 cm³/mol. The Morgan fingerprint density at radius 2 is 1.94 bits per heavy atom. The van der Waals surface area contributed by atoms with Crippen LogP contribution in [0.3, 0.4) is 0 Å². The van der Waals surface area contributed by atoms with Crippen LogP contribution >= 0.6 is 0 Å². The Morgan fingerprint density at radius 3 is 2.35 bits per heavy atom. The van der Waals surface area contributed by atoms with Gasteiger partial charge in [-0.15, -0.1) is 0 Å². The monoisotopic (exact) mass is 250 g/mol. The van der Waals surface area contributed by atoms with Crippen molar-refractivity contribution in [2.75, 3.05) is 7.11 Å². The van der Waals surface area contributed by atoms with Crippen molar-refractivity contribution in [3.8, 4) is 11.5 Å². The SMILES string of the molecule is COc1c(C(F)(F)F)ccc(CC(C)O)c1O. The summed E-state index contributed by atoms with van der Waals surface area (Å²) in [6.45, 7) is 1.48. The molecule has 6 heteroatoms. The van der Waals surface area contributed by atoms with E-state index in [1.807, 2.05) is 0 Å². The number of phenols is 1. The molecular weight excluding hydrogens is 237 g/mol. The second kappa shape index (κ2) is 4.83. The zero-order valence-corrected chi connectivity index (χ0v) is 9.38. The van der Waals surface area contributed by atoms with Gasteiger partial charge in [-0.05, 0) is 13.0 Å². The van der Waals surface area contributed by atoms with Crippen LogP contribution in [0.4, 0.5) is 13.2 Å². The van der Waals surface area contributed by atoms with E-state index in [0.717, 1.165) is 19.2 Å². The van der Waals surface area contributed by atoms with E-state index in [4.69, 9.17) is 5.11 Å². The van der Waals surface area contributed by atoms with Gasteiger partial charge in [0.15, 0.2) is 11.5 Å². The second-order valence-electron chi connectivity index (χ2n) is 3.71. The largest absolute Gasteiger partial charge is 0.504 e. The quantitative estimate of drug-likeness (QED) is 0.865. The highest BCUT2D eigenvalue weighted by Crippen LogP contribution is 2.42. The summed E-state index contributed by atoms with van der Waals surface area (Å²) in [5.74, 6) is -1.20. The molecule has 1 unspecified atom stereocenters. The summed E-state index contributed by atoms with van der Waals surface area (Å²) in [6.07, 6.45) is -5.30. The first kappa shape index (κ1) is 13.6. The maximum absolute atomic E-state index is 12.6. The molecule has 1 atom stereocenters. The molecule has 96 valence electrons. The summed E-state index contributed by atoms with van der Waals surface area (Å²) in [7, 11) is 1.05. The Labute approximate surface area is 96.5 Å². The number of phenolic OH excluding ortho intramolecular Hbond substituents is 1. The Morgan fingerprint density at radius 1 is 1.35 bits per heavy atom. The van der Waals surface area contributed by atoms with E-state index >= 15 is 0 Å². The molecule has 0 aliphatic rings. The van der Waals surface area contributed by atoms with Gasteiger partial charge in [0, 0.05) is 12.0 Å². The van der Waals surface area contributed by atoms with Crippen molar-refractivity contribution in [3.05, 3.63) is 23.3 Å². The van der Waals surface area contributed by atoms with E-state index in [2.05, 4.69) is 4.74 Å². The highest BCUT2D eigenvalue weighted by molar-refractivity contribution is 5.52. The summed E-state index contributed by atoms with van der Waals surface area (Å²) >= 11 is 0. The predicted octanol–water partition coefficient (Wildman–Crippen LogP) is 2.34. The molecule has 0 saturated heterocycles. The first-order valence-corrected chi connectivity index (χ1v) is 4.91. The first-order chi connectivity index (χ1) is 7.77. The molecule has 0 radical (unpaired) electrons. The zero-order chi connectivity index (χ0) is 13.2. The minimum absolute atomic E-state index is 0.0559. The number of aromatic hydroxyl groups is 1. The number of benzene rings is 1. The fraction of sp³-hybridized carbons (Fsp3) is 0.455. The third kappa shape index (κ3) is 3.03. The van der Waals surface area contributed by atoms with Crippen LogP contribution in [0, 0.1) is 0 Å². The smallest absolute Gasteiger partial charge is 0.420 e. The minimum Gasteiger partial charge on any atom is -0.504 e. The normalized spacial score (nSPS) is 13.5. The van der Waals surface area contributed by atoms with Crippen molar-refractivity contribution >= 4 is 0 Å². The number of aliphatic hydroxyl groups is 1. The van der Waals surface area contributed by atoms with Gasteiger partial charge in [0.25, 0.3) is 0 Å². The van der Waals surface area contributed by atoms with E-state index in [1.54, 1.807) is 0 Å². The molecule has 0 heterocycles. The maximum Gasteiger partial charge on any atom is 0.420 e. The lowest BCUT2D eigenvalue weighted by Gasteiger charge is -2.16. The Hall–Kier alpha value is -1.43. The van der Waals surface area contributed by atoms with Crippen LogP contribution in [0.5, 0.6) is 11.5 Å². The van der Waals surface area contributed by atoms with Crippen LogP contribution < -0.4 is 4.74 Å². The number of alkyl halides is 3. The molecule has 0 fully saturated rings. The average Bonchev–Trinajstić information content (AvgIpc) is 2.18. The Kier molecular flexibility index (Phi) is 3.87. The number of methoxy groups -OCH3 is 1.